The second kappa shape index (κ2) is 9.28. The number of carbonyl (C=O) groups excluding carboxylic acids is 2. The summed E-state index contributed by atoms with van der Waals surface area (Å²) in [5, 5.41) is 7.10. The molecule has 3 amide bonds. The summed E-state index contributed by atoms with van der Waals surface area (Å²) in [6.07, 6.45) is 6.32. The van der Waals surface area contributed by atoms with E-state index in [0.29, 0.717) is 43.3 Å². The molecule has 1 aliphatic carbocycles. The summed E-state index contributed by atoms with van der Waals surface area (Å²) in [7, 11) is 0. The number of aryl methyl sites for hydroxylation is 1. The summed E-state index contributed by atoms with van der Waals surface area (Å²) in [6.45, 7) is 3.19. The summed E-state index contributed by atoms with van der Waals surface area (Å²) < 4.78 is 5.44. The van der Waals surface area contributed by atoms with Crippen LogP contribution in [-0.2, 0) is 0 Å². The van der Waals surface area contributed by atoms with Crippen molar-refractivity contribution in [3.05, 3.63) is 47.6 Å². The van der Waals surface area contributed by atoms with Gasteiger partial charge in [0.15, 0.2) is 5.82 Å². The molecule has 0 radical (unpaired) electrons. The SMILES string of the molecule is Cc1noc(C2CN(C(=O)NC3CCCCC3)CCCN2C(=O)c2ccccc2)n1. The number of nitrogens with zero attached hydrogens (tertiary/aromatic N) is 4. The zero-order chi connectivity index (χ0) is 20.9. The fraction of sp³-hybridized carbons (Fsp3) is 0.545. The molecule has 4 rings (SSSR count). The van der Waals surface area contributed by atoms with Gasteiger partial charge in [-0.3, -0.25) is 4.79 Å². The summed E-state index contributed by atoms with van der Waals surface area (Å²) in [5.41, 5.74) is 0.610. The van der Waals surface area contributed by atoms with E-state index in [0.717, 1.165) is 25.7 Å². The molecule has 160 valence electrons. The largest absolute Gasteiger partial charge is 0.337 e. The molecule has 1 aliphatic heterocycles. The number of urea groups is 1. The Balaban J connectivity index is 1.55. The van der Waals surface area contributed by atoms with Gasteiger partial charge in [0.05, 0.1) is 6.54 Å². The minimum absolute atomic E-state index is 0.0721. The number of hydrogen-bond donors (Lipinski definition) is 1. The lowest BCUT2D eigenvalue weighted by Crippen LogP contribution is -2.47. The van der Waals surface area contributed by atoms with E-state index in [1.807, 2.05) is 18.2 Å². The highest BCUT2D eigenvalue weighted by molar-refractivity contribution is 5.94. The minimum atomic E-state index is -0.474. The smallest absolute Gasteiger partial charge is 0.317 e. The normalized spacial score (nSPS) is 20.6. The molecule has 2 aliphatic rings. The van der Waals surface area contributed by atoms with Gasteiger partial charge in [-0.15, -0.1) is 0 Å². The molecule has 2 heterocycles. The number of amides is 3. The van der Waals surface area contributed by atoms with E-state index in [1.165, 1.54) is 6.42 Å². The van der Waals surface area contributed by atoms with Crippen LogP contribution >= 0.6 is 0 Å². The molecule has 1 unspecified atom stereocenters. The van der Waals surface area contributed by atoms with Crippen molar-refractivity contribution in [3.8, 4) is 0 Å². The van der Waals surface area contributed by atoms with Crippen LogP contribution in [0.5, 0.6) is 0 Å². The number of nitrogens with one attached hydrogen (secondary N) is 1. The molecule has 1 atom stereocenters. The van der Waals surface area contributed by atoms with Crippen LogP contribution < -0.4 is 5.32 Å². The molecule has 1 N–H and O–H groups in total. The van der Waals surface area contributed by atoms with Gasteiger partial charge in [-0.25, -0.2) is 4.79 Å². The molecule has 8 nitrogen and oxygen atoms in total. The Hall–Kier alpha value is -2.90. The Kier molecular flexibility index (Phi) is 6.30. The first-order valence-electron chi connectivity index (χ1n) is 10.8. The molecule has 1 saturated carbocycles. The topological polar surface area (TPSA) is 91.6 Å². The van der Waals surface area contributed by atoms with Gasteiger partial charge in [0.2, 0.25) is 0 Å². The number of rotatable bonds is 3. The van der Waals surface area contributed by atoms with Crippen molar-refractivity contribution in [1.82, 2.24) is 25.3 Å². The van der Waals surface area contributed by atoms with Gasteiger partial charge < -0.3 is 19.6 Å². The molecular weight excluding hydrogens is 382 g/mol. The van der Waals surface area contributed by atoms with Gasteiger partial charge in [0, 0.05) is 24.7 Å². The molecule has 8 heteroatoms. The van der Waals surface area contributed by atoms with Crippen molar-refractivity contribution in [3.63, 3.8) is 0 Å². The summed E-state index contributed by atoms with van der Waals surface area (Å²) in [5.74, 6) is 0.791. The van der Waals surface area contributed by atoms with Gasteiger partial charge in [-0.05, 0) is 38.3 Å². The molecule has 1 aromatic heterocycles. The van der Waals surface area contributed by atoms with Crippen LogP contribution in [-0.4, -0.2) is 57.6 Å². The molecule has 2 aromatic rings. The van der Waals surface area contributed by atoms with Crippen LogP contribution in [0.15, 0.2) is 34.9 Å². The quantitative estimate of drug-likeness (QED) is 0.837. The lowest BCUT2D eigenvalue weighted by molar-refractivity contribution is 0.0639. The highest BCUT2D eigenvalue weighted by Crippen LogP contribution is 2.26. The predicted octanol–water partition coefficient (Wildman–Crippen LogP) is 3.31. The summed E-state index contributed by atoms with van der Waals surface area (Å²) >= 11 is 0. The first kappa shape index (κ1) is 20.4. The Morgan fingerprint density at radius 3 is 2.53 bits per heavy atom. The average molecular weight is 412 g/mol. The second-order valence-corrected chi connectivity index (χ2v) is 8.14. The maximum atomic E-state index is 13.3. The second-order valence-electron chi connectivity index (χ2n) is 8.14. The lowest BCUT2D eigenvalue weighted by Gasteiger charge is -2.31. The van der Waals surface area contributed by atoms with Crippen molar-refractivity contribution >= 4 is 11.9 Å². The van der Waals surface area contributed by atoms with Gasteiger partial charge in [-0.1, -0.05) is 42.6 Å². The van der Waals surface area contributed by atoms with Gasteiger partial charge in [-0.2, -0.15) is 4.98 Å². The van der Waals surface area contributed by atoms with Crippen LogP contribution in [0.3, 0.4) is 0 Å². The van der Waals surface area contributed by atoms with Gasteiger partial charge in [0.1, 0.15) is 6.04 Å². The molecule has 0 bridgehead atoms. The van der Waals surface area contributed by atoms with E-state index in [2.05, 4.69) is 15.5 Å². The minimum Gasteiger partial charge on any atom is -0.337 e. The number of carbonyl (C=O) groups is 2. The third kappa shape index (κ3) is 4.63. The van der Waals surface area contributed by atoms with E-state index >= 15 is 0 Å². The maximum absolute atomic E-state index is 13.3. The van der Waals surface area contributed by atoms with Crippen LogP contribution in [0.2, 0.25) is 0 Å². The molecule has 2 fully saturated rings. The summed E-state index contributed by atoms with van der Waals surface area (Å²) in [4.78, 5) is 34.2. The molecule has 1 saturated heterocycles. The first-order chi connectivity index (χ1) is 14.6. The van der Waals surface area contributed by atoms with Crippen LogP contribution in [0.4, 0.5) is 4.79 Å². The van der Waals surface area contributed by atoms with E-state index in [9.17, 15) is 9.59 Å². The molecular formula is C22H29N5O3. The molecule has 1 aromatic carbocycles. The highest BCUT2D eigenvalue weighted by Gasteiger charge is 2.35. The number of benzene rings is 1. The molecule has 30 heavy (non-hydrogen) atoms. The zero-order valence-corrected chi connectivity index (χ0v) is 17.4. The Morgan fingerprint density at radius 1 is 1.07 bits per heavy atom. The maximum Gasteiger partial charge on any atom is 0.317 e. The molecule has 0 spiro atoms. The Labute approximate surface area is 176 Å². The van der Waals surface area contributed by atoms with Gasteiger partial charge in [0.25, 0.3) is 11.8 Å². The first-order valence-corrected chi connectivity index (χ1v) is 10.8. The van der Waals surface area contributed by atoms with Crippen molar-refractivity contribution < 1.29 is 14.1 Å². The van der Waals surface area contributed by atoms with E-state index in [4.69, 9.17) is 4.52 Å². The highest BCUT2D eigenvalue weighted by atomic mass is 16.5. The van der Waals surface area contributed by atoms with E-state index in [1.54, 1.807) is 28.9 Å². The Morgan fingerprint density at radius 2 is 1.83 bits per heavy atom. The van der Waals surface area contributed by atoms with Crippen molar-refractivity contribution in [2.45, 2.75) is 57.5 Å². The van der Waals surface area contributed by atoms with Crippen LogP contribution in [0.25, 0.3) is 0 Å². The number of hydrogen-bond acceptors (Lipinski definition) is 5. The monoisotopic (exact) mass is 411 g/mol. The van der Waals surface area contributed by atoms with E-state index in [-0.39, 0.29) is 18.0 Å². The van der Waals surface area contributed by atoms with Crippen LogP contribution in [0, 0.1) is 6.92 Å². The van der Waals surface area contributed by atoms with E-state index < -0.39 is 6.04 Å². The van der Waals surface area contributed by atoms with Crippen molar-refractivity contribution in [1.29, 1.82) is 0 Å². The van der Waals surface area contributed by atoms with Crippen molar-refractivity contribution in [2.75, 3.05) is 19.6 Å². The Bertz CT molecular complexity index is 863. The standard InChI is InChI=1S/C22H29N5O3/c1-16-23-20(30-25-16)19-15-26(22(29)24-18-11-6-3-7-12-18)13-8-14-27(19)21(28)17-9-4-2-5-10-17/h2,4-5,9-10,18-19H,3,6-8,11-15H2,1H3,(H,24,29). The fourth-order valence-electron chi connectivity index (χ4n) is 4.33. The average Bonchev–Trinajstić information content (AvgIpc) is 3.08. The van der Waals surface area contributed by atoms with Crippen LogP contribution in [0.1, 0.15) is 66.6 Å². The lowest BCUT2D eigenvalue weighted by atomic mass is 9.96. The van der Waals surface area contributed by atoms with Crippen molar-refractivity contribution in [2.24, 2.45) is 0 Å². The zero-order valence-electron chi connectivity index (χ0n) is 17.4. The predicted molar refractivity (Wildman–Crippen MR) is 111 cm³/mol. The summed E-state index contributed by atoms with van der Waals surface area (Å²) in [6, 6.07) is 8.88. The van der Waals surface area contributed by atoms with Gasteiger partial charge >= 0.3 is 6.03 Å². The fourth-order valence-corrected chi connectivity index (χ4v) is 4.33. The number of aromatic nitrogens is 2. The third-order valence-corrected chi connectivity index (χ3v) is 5.93. The third-order valence-electron chi connectivity index (χ3n) is 5.93.